The summed E-state index contributed by atoms with van der Waals surface area (Å²) >= 11 is 0. The van der Waals surface area contributed by atoms with Gasteiger partial charge in [-0.15, -0.1) is 0 Å². The lowest BCUT2D eigenvalue weighted by atomic mass is 10.2. The zero-order valence-corrected chi connectivity index (χ0v) is 9.56. The lowest BCUT2D eigenvalue weighted by Gasteiger charge is -2.21. The summed E-state index contributed by atoms with van der Waals surface area (Å²) < 4.78 is 4.70. The van der Waals surface area contributed by atoms with Crippen LogP contribution in [-0.2, 0) is 9.53 Å². The summed E-state index contributed by atoms with van der Waals surface area (Å²) in [6.07, 6.45) is 2.25. The molecule has 16 heavy (non-hydrogen) atoms. The minimum absolute atomic E-state index is 0.281. The third kappa shape index (κ3) is 3.47. The molecular weight excluding hydrogens is 208 g/mol. The smallest absolute Gasteiger partial charge is 0.323 e. The van der Waals surface area contributed by atoms with Crippen LogP contribution in [0.15, 0.2) is 0 Å². The Labute approximate surface area is 95.6 Å². The number of esters is 1. The van der Waals surface area contributed by atoms with Gasteiger partial charge in [0.15, 0.2) is 0 Å². The number of carbonyl (C=O) groups excluding carboxylic acids is 1. The zero-order valence-electron chi connectivity index (χ0n) is 9.56. The number of β-amino-alcohol motifs (C(OH)–C–C–N with tert-alkyl or cyclic N) is 1. The molecule has 0 aliphatic carbocycles. The highest BCUT2D eigenvalue weighted by molar-refractivity contribution is 5.76. The number of carbonyl (C=O) groups is 1. The maximum atomic E-state index is 11.4. The van der Waals surface area contributed by atoms with Gasteiger partial charge < -0.3 is 9.84 Å². The van der Waals surface area contributed by atoms with Gasteiger partial charge in [-0.3, -0.25) is 9.69 Å². The van der Waals surface area contributed by atoms with Crippen molar-refractivity contribution >= 4 is 5.97 Å². The van der Waals surface area contributed by atoms with Crippen molar-refractivity contribution in [3.63, 3.8) is 0 Å². The molecule has 0 bridgehead atoms. The highest BCUT2D eigenvalue weighted by Gasteiger charge is 2.36. The number of unbranched alkanes of at least 4 members (excludes halogenated alkanes) is 2. The number of nitrogens with zero attached hydrogens (tertiary/aromatic N) is 2. The van der Waals surface area contributed by atoms with Crippen molar-refractivity contribution in [3.05, 3.63) is 0 Å². The van der Waals surface area contributed by atoms with Crippen molar-refractivity contribution in [3.8, 4) is 6.07 Å². The second-order valence-corrected chi connectivity index (χ2v) is 4.04. The Bertz CT molecular complexity index is 275. The second kappa shape index (κ2) is 6.46. The van der Waals surface area contributed by atoms with Gasteiger partial charge in [0.1, 0.15) is 6.04 Å². The van der Waals surface area contributed by atoms with Crippen LogP contribution in [0.5, 0.6) is 0 Å². The molecule has 1 N–H and O–H groups in total. The molecule has 1 fully saturated rings. The minimum atomic E-state index is -0.444. The van der Waals surface area contributed by atoms with Gasteiger partial charge in [0.2, 0.25) is 0 Å². The zero-order chi connectivity index (χ0) is 12.0. The largest absolute Gasteiger partial charge is 0.468 e. The fraction of sp³-hybridized carbons (Fsp3) is 0.818. The molecule has 0 aromatic carbocycles. The molecule has 0 saturated carbocycles. The lowest BCUT2D eigenvalue weighted by molar-refractivity contribution is -0.145. The lowest BCUT2D eigenvalue weighted by Crippen LogP contribution is -2.37. The summed E-state index contributed by atoms with van der Waals surface area (Å²) in [7, 11) is 1.36. The summed E-state index contributed by atoms with van der Waals surface area (Å²) in [6, 6.07) is 1.77. The van der Waals surface area contributed by atoms with E-state index in [-0.39, 0.29) is 12.0 Å². The highest BCUT2D eigenvalue weighted by Crippen LogP contribution is 2.19. The van der Waals surface area contributed by atoms with Crippen LogP contribution in [0.4, 0.5) is 0 Å². The number of hydrogen-bond acceptors (Lipinski definition) is 5. The van der Waals surface area contributed by atoms with Crippen LogP contribution in [0.2, 0.25) is 0 Å². The number of hydrogen-bond donors (Lipinski definition) is 1. The molecule has 0 radical (unpaired) electrons. The van der Waals surface area contributed by atoms with Gasteiger partial charge in [-0.2, -0.15) is 5.26 Å². The van der Waals surface area contributed by atoms with Crippen molar-refractivity contribution in [2.45, 2.75) is 37.8 Å². The Balaban J connectivity index is 2.38. The van der Waals surface area contributed by atoms with Crippen LogP contribution in [-0.4, -0.2) is 48.3 Å². The topological polar surface area (TPSA) is 73.6 Å². The molecule has 0 amide bonds. The normalized spacial score (nSPS) is 25.3. The van der Waals surface area contributed by atoms with Crippen LogP contribution in [0.3, 0.4) is 0 Å². The van der Waals surface area contributed by atoms with E-state index >= 15 is 0 Å². The molecule has 2 unspecified atom stereocenters. The monoisotopic (exact) mass is 226 g/mol. The SMILES string of the molecule is COC(=O)C1CC(O)CN1CCCCC#N. The Morgan fingerprint density at radius 2 is 2.38 bits per heavy atom. The minimum Gasteiger partial charge on any atom is -0.468 e. The molecule has 90 valence electrons. The van der Waals surface area contributed by atoms with E-state index in [4.69, 9.17) is 10.00 Å². The Kier molecular flexibility index (Phi) is 5.23. The van der Waals surface area contributed by atoms with Gasteiger partial charge in [-0.25, -0.2) is 0 Å². The maximum absolute atomic E-state index is 11.4. The Morgan fingerprint density at radius 1 is 1.62 bits per heavy atom. The van der Waals surface area contributed by atoms with Crippen LogP contribution in [0.1, 0.15) is 25.7 Å². The van der Waals surface area contributed by atoms with E-state index in [1.807, 2.05) is 4.90 Å². The van der Waals surface area contributed by atoms with Gasteiger partial charge in [0.25, 0.3) is 0 Å². The van der Waals surface area contributed by atoms with E-state index in [0.29, 0.717) is 19.4 Å². The summed E-state index contributed by atoms with van der Waals surface area (Å²) in [5, 5.41) is 17.9. The van der Waals surface area contributed by atoms with Gasteiger partial charge in [0, 0.05) is 19.4 Å². The summed E-state index contributed by atoms with van der Waals surface area (Å²) in [4.78, 5) is 13.4. The predicted molar refractivity (Wildman–Crippen MR) is 57.5 cm³/mol. The highest BCUT2D eigenvalue weighted by atomic mass is 16.5. The third-order valence-electron chi connectivity index (χ3n) is 2.84. The first-order chi connectivity index (χ1) is 7.69. The summed E-state index contributed by atoms with van der Waals surface area (Å²) in [6.45, 7) is 1.25. The number of rotatable bonds is 5. The molecule has 0 spiro atoms. The van der Waals surface area contributed by atoms with Crippen molar-refractivity contribution in [1.29, 1.82) is 5.26 Å². The number of likely N-dealkylation sites (tertiary alicyclic amines) is 1. The fourth-order valence-corrected chi connectivity index (χ4v) is 2.03. The van der Waals surface area contributed by atoms with E-state index in [9.17, 15) is 9.90 Å². The molecule has 1 heterocycles. The van der Waals surface area contributed by atoms with Crippen molar-refractivity contribution in [1.82, 2.24) is 4.90 Å². The number of nitriles is 1. The van der Waals surface area contributed by atoms with Crippen LogP contribution < -0.4 is 0 Å². The van der Waals surface area contributed by atoms with Crippen molar-refractivity contribution < 1.29 is 14.6 Å². The maximum Gasteiger partial charge on any atom is 0.323 e. The van der Waals surface area contributed by atoms with Gasteiger partial charge in [-0.1, -0.05) is 0 Å². The molecule has 1 saturated heterocycles. The molecule has 2 atom stereocenters. The average Bonchev–Trinajstić information content (AvgIpc) is 2.65. The molecular formula is C11H18N2O3. The third-order valence-corrected chi connectivity index (χ3v) is 2.84. The Morgan fingerprint density at radius 3 is 3.00 bits per heavy atom. The summed E-state index contributed by atoms with van der Waals surface area (Å²) in [5.74, 6) is -0.281. The van der Waals surface area contributed by atoms with Gasteiger partial charge >= 0.3 is 5.97 Å². The standard InChI is InChI=1S/C11H18N2O3/c1-16-11(15)10-7-9(14)8-13(10)6-4-2-3-5-12/h9-10,14H,2-4,6-8H2,1H3. The van der Waals surface area contributed by atoms with Crippen LogP contribution in [0, 0.1) is 11.3 Å². The molecule has 5 heteroatoms. The molecule has 1 aliphatic heterocycles. The average molecular weight is 226 g/mol. The predicted octanol–water partition coefficient (Wildman–Crippen LogP) is 0.288. The van der Waals surface area contributed by atoms with Gasteiger partial charge in [0.05, 0.1) is 19.3 Å². The number of aliphatic hydroxyl groups excluding tert-OH is 1. The number of methoxy groups -OCH3 is 1. The van der Waals surface area contributed by atoms with Crippen molar-refractivity contribution in [2.75, 3.05) is 20.2 Å². The van der Waals surface area contributed by atoms with E-state index in [1.54, 1.807) is 0 Å². The van der Waals surface area contributed by atoms with E-state index in [1.165, 1.54) is 7.11 Å². The van der Waals surface area contributed by atoms with Crippen LogP contribution in [0.25, 0.3) is 0 Å². The Hall–Kier alpha value is -1.12. The molecule has 0 aromatic rings. The number of ether oxygens (including phenoxy) is 1. The van der Waals surface area contributed by atoms with E-state index < -0.39 is 6.10 Å². The molecule has 5 nitrogen and oxygen atoms in total. The first-order valence-electron chi connectivity index (χ1n) is 5.56. The van der Waals surface area contributed by atoms with Crippen molar-refractivity contribution in [2.24, 2.45) is 0 Å². The quantitative estimate of drug-likeness (QED) is 0.538. The molecule has 1 aliphatic rings. The molecule has 1 rings (SSSR count). The summed E-state index contributed by atoms with van der Waals surface area (Å²) in [5.41, 5.74) is 0. The first-order valence-corrected chi connectivity index (χ1v) is 5.56. The fourth-order valence-electron chi connectivity index (χ4n) is 2.03. The van der Waals surface area contributed by atoms with E-state index in [2.05, 4.69) is 6.07 Å². The van der Waals surface area contributed by atoms with Crippen LogP contribution >= 0.6 is 0 Å². The van der Waals surface area contributed by atoms with E-state index in [0.717, 1.165) is 19.4 Å². The van der Waals surface area contributed by atoms with Gasteiger partial charge in [-0.05, 0) is 19.4 Å². The molecule has 0 aromatic heterocycles. The number of aliphatic hydroxyl groups is 1. The second-order valence-electron chi connectivity index (χ2n) is 4.04. The first kappa shape index (κ1) is 12.9.